The van der Waals surface area contributed by atoms with Crippen LogP contribution in [0, 0.1) is 0 Å². The van der Waals surface area contributed by atoms with Crippen molar-refractivity contribution in [1.29, 1.82) is 0 Å². The van der Waals surface area contributed by atoms with Crippen LogP contribution in [0.5, 0.6) is 0 Å². The molecule has 0 amide bonds. The van der Waals surface area contributed by atoms with Crippen LogP contribution in [0.15, 0.2) is 48.5 Å². The van der Waals surface area contributed by atoms with Crippen LogP contribution >= 0.6 is 0 Å². The van der Waals surface area contributed by atoms with Gasteiger partial charge in [-0.05, 0) is 69.0 Å². The Morgan fingerprint density at radius 1 is 0.643 bits per heavy atom. The highest BCUT2D eigenvalue weighted by molar-refractivity contribution is 6.06. The summed E-state index contributed by atoms with van der Waals surface area (Å²) in [5.74, 6) is -6.73. The summed E-state index contributed by atoms with van der Waals surface area (Å²) in [5, 5.41) is 17.9. The van der Waals surface area contributed by atoms with Crippen molar-refractivity contribution in [2.45, 2.75) is 51.6 Å². The maximum Gasteiger partial charge on any atom is 0.346 e. The van der Waals surface area contributed by atoms with Gasteiger partial charge in [0, 0.05) is 19.4 Å². The van der Waals surface area contributed by atoms with Crippen LogP contribution < -0.4 is 0 Å². The van der Waals surface area contributed by atoms with Crippen molar-refractivity contribution < 1.29 is 62.7 Å². The second-order valence-corrected chi connectivity index (χ2v) is 8.80. The van der Waals surface area contributed by atoms with E-state index < -0.39 is 47.9 Å². The predicted octanol–water partition coefficient (Wildman–Crippen LogP) is 2.31. The van der Waals surface area contributed by atoms with Crippen molar-refractivity contribution in [3.63, 3.8) is 0 Å². The Labute approximate surface area is 240 Å². The molecule has 2 aromatic carbocycles. The monoisotopic (exact) mass is 586 g/mol. The SMILES string of the molecule is CC(O)C(=O)OC(=O)c1ccc(C(=O)OC(=O)CCCCC(=O)OC(=O)c2ccccc2C(=O)OCCCCO)cc1. The van der Waals surface area contributed by atoms with E-state index in [0.717, 1.165) is 6.92 Å². The summed E-state index contributed by atoms with van der Waals surface area (Å²) in [6.07, 6.45) is -0.781. The molecule has 1 unspecified atom stereocenters. The van der Waals surface area contributed by atoms with E-state index in [4.69, 9.17) is 24.4 Å². The zero-order chi connectivity index (χ0) is 31.1. The Bertz CT molecular complexity index is 1290. The lowest BCUT2D eigenvalue weighted by Gasteiger charge is -2.09. The number of esters is 7. The van der Waals surface area contributed by atoms with Gasteiger partial charge in [0.05, 0.1) is 28.9 Å². The molecule has 0 spiro atoms. The molecule has 13 nitrogen and oxygen atoms in total. The Morgan fingerprint density at radius 3 is 1.62 bits per heavy atom. The molecule has 0 aromatic heterocycles. The zero-order valence-electron chi connectivity index (χ0n) is 22.7. The first kappa shape index (κ1) is 33.5. The van der Waals surface area contributed by atoms with E-state index in [1.54, 1.807) is 0 Å². The first-order valence-electron chi connectivity index (χ1n) is 12.9. The van der Waals surface area contributed by atoms with Crippen LogP contribution in [0.4, 0.5) is 0 Å². The largest absolute Gasteiger partial charge is 0.462 e. The topological polar surface area (TPSA) is 197 Å². The van der Waals surface area contributed by atoms with Crippen molar-refractivity contribution in [3.8, 4) is 0 Å². The van der Waals surface area contributed by atoms with Gasteiger partial charge in [0.1, 0.15) is 6.10 Å². The van der Waals surface area contributed by atoms with Gasteiger partial charge in [-0.25, -0.2) is 24.0 Å². The minimum Gasteiger partial charge on any atom is -0.462 e. The van der Waals surface area contributed by atoms with Crippen LogP contribution in [0.1, 0.15) is 86.9 Å². The smallest absolute Gasteiger partial charge is 0.346 e. The fraction of sp³-hybridized carbons (Fsp3) is 0.345. The first-order chi connectivity index (χ1) is 20.0. The summed E-state index contributed by atoms with van der Waals surface area (Å²) in [4.78, 5) is 84.1. The Balaban J connectivity index is 1.75. The standard InChI is InChI=1S/C29H30O13/c1-18(31)25(34)42-27(36)20-14-12-19(13-15-20)26(35)40-23(32)10-4-5-11-24(33)41-29(38)22-9-3-2-8-21(22)28(37)39-17-7-6-16-30/h2-3,8-9,12-15,18,30-31H,4-7,10-11,16-17H2,1H3. The van der Waals surface area contributed by atoms with Crippen LogP contribution in [0.25, 0.3) is 0 Å². The molecule has 224 valence electrons. The minimum atomic E-state index is -1.49. The van der Waals surface area contributed by atoms with E-state index in [9.17, 15) is 33.6 Å². The van der Waals surface area contributed by atoms with Crippen LogP contribution in [-0.2, 0) is 33.3 Å². The molecule has 0 aliphatic carbocycles. The minimum absolute atomic E-state index is 0.0459. The maximum absolute atomic E-state index is 12.4. The van der Waals surface area contributed by atoms with E-state index in [-0.39, 0.29) is 61.2 Å². The summed E-state index contributed by atoms with van der Waals surface area (Å²) in [6.45, 7) is 1.13. The second kappa shape index (κ2) is 17.1. The number of hydrogen-bond donors (Lipinski definition) is 2. The van der Waals surface area contributed by atoms with E-state index >= 15 is 0 Å². The predicted molar refractivity (Wildman–Crippen MR) is 141 cm³/mol. The van der Waals surface area contributed by atoms with Gasteiger partial charge < -0.3 is 29.2 Å². The normalized spacial score (nSPS) is 11.1. The van der Waals surface area contributed by atoms with Crippen molar-refractivity contribution >= 4 is 41.8 Å². The number of carbonyl (C=O) groups is 7. The average Bonchev–Trinajstić information content (AvgIpc) is 2.97. The fourth-order valence-corrected chi connectivity index (χ4v) is 3.23. The summed E-state index contributed by atoms with van der Waals surface area (Å²) in [5.41, 5.74) is -0.362. The van der Waals surface area contributed by atoms with Gasteiger partial charge in [-0.3, -0.25) is 9.59 Å². The number of benzene rings is 2. The molecule has 0 bridgehead atoms. The number of unbranched alkanes of at least 4 members (excludes halogenated alkanes) is 2. The maximum atomic E-state index is 12.4. The van der Waals surface area contributed by atoms with Gasteiger partial charge in [-0.1, -0.05) is 12.1 Å². The van der Waals surface area contributed by atoms with Crippen molar-refractivity contribution in [2.24, 2.45) is 0 Å². The number of rotatable bonds is 14. The van der Waals surface area contributed by atoms with Gasteiger partial charge in [0.2, 0.25) is 0 Å². The van der Waals surface area contributed by atoms with Crippen LogP contribution in [0.2, 0.25) is 0 Å². The quantitative estimate of drug-likeness (QED) is 0.142. The van der Waals surface area contributed by atoms with E-state index in [1.807, 2.05) is 0 Å². The highest BCUT2D eigenvalue weighted by atomic mass is 16.6. The molecule has 1 atom stereocenters. The summed E-state index contributed by atoms with van der Waals surface area (Å²) in [6, 6.07) is 10.4. The lowest BCUT2D eigenvalue weighted by atomic mass is 10.1. The summed E-state index contributed by atoms with van der Waals surface area (Å²) >= 11 is 0. The molecule has 0 saturated carbocycles. The number of aliphatic hydroxyl groups excluding tert-OH is 2. The Kier molecular flexibility index (Phi) is 13.7. The third-order valence-electron chi connectivity index (χ3n) is 5.47. The Morgan fingerprint density at radius 2 is 1.12 bits per heavy atom. The van der Waals surface area contributed by atoms with Gasteiger partial charge in [0.15, 0.2) is 0 Å². The third-order valence-corrected chi connectivity index (χ3v) is 5.47. The molecule has 13 heteroatoms. The highest BCUT2D eigenvalue weighted by Crippen LogP contribution is 2.14. The molecule has 0 saturated heterocycles. The van der Waals surface area contributed by atoms with Crippen molar-refractivity contribution in [3.05, 3.63) is 70.8 Å². The summed E-state index contributed by atoms with van der Waals surface area (Å²) < 4.78 is 19.0. The van der Waals surface area contributed by atoms with Crippen LogP contribution in [0.3, 0.4) is 0 Å². The average molecular weight is 587 g/mol. The molecule has 0 aliphatic heterocycles. The van der Waals surface area contributed by atoms with Gasteiger partial charge in [0.25, 0.3) is 0 Å². The number of ether oxygens (including phenoxy) is 4. The molecule has 0 radical (unpaired) electrons. The fourth-order valence-electron chi connectivity index (χ4n) is 3.23. The molecule has 0 fully saturated rings. The van der Waals surface area contributed by atoms with Gasteiger partial charge >= 0.3 is 41.8 Å². The molecule has 0 heterocycles. The number of hydrogen-bond acceptors (Lipinski definition) is 13. The van der Waals surface area contributed by atoms with E-state index in [1.165, 1.54) is 48.5 Å². The Hall–Kier alpha value is -4.75. The second-order valence-electron chi connectivity index (χ2n) is 8.80. The lowest BCUT2D eigenvalue weighted by Crippen LogP contribution is -2.23. The van der Waals surface area contributed by atoms with Gasteiger partial charge in [-0.15, -0.1) is 0 Å². The van der Waals surface area contributed by atoms with Crippen molar-refractivity contribution in [1.82, 2.24) is 0 Å². The highest BCUT2D eigenvalue weighted by Gasteiger charge is 2.22. The third kappa shape index (κ3) is 11.0. The molecule has 2 aromatic rings. The molecule has 42 heavy (non-hydrogen) atoms. The van der Waals surface area contributed by atoms with Crippen LogP contribution in [-0.4, -0.2) is 71.3 Å². The molecular weight excluding hydrogens is 556 g/mol. The molecule has 2 rings (SSSR count). The lowest BCUT2D eigenvalue weighted by molar-refractivity contribution is -0.146. The molecule has 0 aliphatic rings. The van der Waals surface area contributed by atoms with Gasteiger partial charge in [-0.2, -0.15) is 0 Å². The van der Waals surface area contributed by atoms with E-state index in [2.05, 4.69) is 4.74 Å². The van der Waals surface area contributed by atoms with Crippen molar-refractivity contribution in [2.75, 3.05) is 13.2 Å². The summed E-state index contributed by atoms with van der Waals surface area (Å²) in [7, 11) is 0. The molecular formula is C29H30O13. The zero-order valence-corrected chi connectivity index (χ0v) is 22.7. The number of carbonyl (C=O) groups excluding carboxylic acids is 7. The number of aliphatic hydroxyl groups is 2. The van der Waals surface area contributed by atoms with E-state index in [0.29, 0.717) is 12.8 Å². The first-order valence-corrected chi connectivity index (χ1v) is 12.9. The molecule has 2 N–H and O–H groups in total.